The van der Waals surface area contributed by atoms with Gasteiger partial charge in [-0.2, -0.15) is 4.31 Å². The van der Waals surface area contributed by atoms with Crippen molar-refractivity contribution in [3.05, 3.63) is 30.3 Å². The van der Waals surface area contributed by atoms with Crippen LogP contribution in [0.4, 0.5) is 0 Å². The van der Waals surface area contributed by atoms with Crippen molar-refractivity contribution >= 4 is 28.3 Å². The van der Waals surface area contributed by atoms with Crippen molar-refractivity contribution < 1.29 is 17.9 Å². The molecule has 0 bridgehead atoms. The highest BCUT2D eigenvalue weighted by molar-refractivity contribution is 7.89. The van der Waals surface area contributed by atoms with Crippen molar-refractivity contribution in [3.63, 3.8) is 0 Å². The number of morpholine rings is 1. The number of nitrogens with zero attached hydrogens (tertiary/aromatic N) is 2. The molecule has 25 heavy (non-hydrogen) atoms. The summed E-state index contributed by atoms with van der Waals surface area (Å²) in [4.78, 5) is 14.4. The van der Waals surface area contributed by atoms with E-state index in [1.54, 1.807) is 35.2 Å². The number of halogens is 1. The van der Waals surface area contributed by atoms with Gasteiger partial charge in [0.1, 0.15) is 0 Å². The van der Waals surface area contributed by atoms with E-state index in [2.05, 4.69) is 5.32 Å². The number of hydrogen-bond donors (Lipinski definition) is 1. The molecule has 0 radical (unpaired) electrons. The van der Waals surface area contributed by atoms with Gasteiger partial charge in [-0.05, 0) is 12.1 Å². The Bertz CT molecular complexity index is 657. The molecule has 3 rings (SSSR count). The zero-order chi connectivity index (χ0) is 17.0. The molecule has 7 nitrogen and oxygen atoms in total. The second kappa shape index (κ2) is 8.95. The molecule has 1 atom stereocenters. The van der Waals surface area contributed by atoms with Crippen molar-refractivity contribution in [2.75, 3.05) is 45.9 Å². The van der Waals surface area contributed by atoms with E-state index in [0.717, 1.165) is 6.54 Å². The largest absolute Gasteiger partial charge is 0.375 e. The van der Waals surface area contributed by atoms with Gasteiger partial charge in [-0.3, -0.25) is 4.79 Å². The van der Waals surface area contributed by atoms with Gasteiger partial charge < -0.3 is 15.0 Å². The van der Waals surface area contributed by atoms with Crippen LogP contribution in [-0.2, 0) is 19.6 Å². The zero-order valence-electron chi connectivity index (χ0n) is 14.0. The van der Waals surface area contributed by atoms with Crippen LogP contribution in [0.5, 0.6) is 0 Å². The molecule has 140 valence electrons. The molecule has 1 amide bonds. The topological polar surface area (TPSA) is 79.0 Å². The molecular weight excluding hydrogens is 366 g/mol. The summed E-state index contributed by atoms with van der Waals surface area (Å²) in [6, 6.07) is 8.41. The van der Waals surface area contributed by atoms with E-state index in [1.807, 2.05) is 0 Å². The maximum atomic E-state index is 12.6. The molecule has 1 unspecified atom stereocenters. The lowest BCUT2D eigenvalue weighted by Gasteiger charge is -2.35. The Morgan fingerprint density at radius 1 is 1.16 bits per heavy atom. The molecule has 9 heteroatoms. The first-order valence-corrected chi connectivity index (χ1v) is 9.66. The minimum atomic E-state index is -3.48. The third kappa shape index (κ3) is 4.92. The van der Waals surface area contributed by atoms with Gasteiger partial charge in [-0.25, -0.2) is 8.42 Å². The summed E-state index contributed by atoms with van der Waals surface area (Å²) in [6.45, 7) is 3.63. The van der Waals surface area contributed by atoms with E-state index < -0.39 is 10.0 Å². The Hall–Kier alpha value is -1.19. The van der Waals surface area contributed by atoms with Crippen LogP contribution in [0.1, 0.15) is 6.42 Å². The maximum absolute atomic E-state index is 12.6. The average Bonchev–Trinajstić information content (AvgIpc) is 2.63. The second-order valence-corrected chi connectivity index (χ2v) is 7.94. The highest BCUT2D eigenvalue weighted by Gasteiger charge is 2.30. The molecule has 2 aliphatic heterocycles. The summed E-state index contributed by atoms with van der Waals surface area (Å²) >= 11 is 0. The number of carbonyl (C=O) groups is 1. The highest BCUT2D eigenvalue weighted by atomic mass is 35.5. The van der Waals surface area contributed by atoms with Gasteiger partial charge in [-0.15, -0.1) is 12.4 Å². The summed E-state index contributed by atoms with van der Waals surface area (Å²) < 4.78 is 32.2. The lowest BCUT2D eigenvalue weighted by molar-refractivity contribution is -0.135. The minimum absolute atomic E-state index is 0. The smallest absolute Gasteiger partial charge is 0.243 e. The van der Waals surface area contributed by atoms with Crippen molar-refractivity contribution in [1.82, 2.24) is 14.5 Å². The quantitative estimate of drug-likeness (QED) is 0.802. The number of piperazine rings is 1. The van der Waals surface area contributed by atoms with E-state index >= 15 is 0 Å². The summed E-state index contributed by atoms with van der Waals surface area (Å²) in [6.07, 6.45) is 0.260. The normalized spacial score (nSPS) is 22.2. The third-order valence-electron chi connectivity index (χ3n) is 4.38. The standard InChI is InChI=1S/C16H23N3O4S.ClH/c20-16(12-14-13-17-6-11-23-14)18-7-9-19(10-8-18)24(21,22)15-4-2-1-3-5-15;/h1-5,14,17H,6-13H2;1H. The van der Waals surface area contributed by atoms with E-state index in [9.17, 15) is 13.2 Å². The number of nitrogens with one attached hydrogen (secondary N) is 1. The van der Waals surface area contributed by atoms with Gasteiger partial charge >= 0.3 is 0 Å². The van der Waals surface area contributed by atoms with Crippen LogP contribution in [0.2, 0.25) is 0 Å². The fraction of sp³-hybridized carbons (Fsp3) is 0.562. The molecule has 1 aromatic carbocycles. The van der Waals surface area contributed by atoms with Crippen LogP contribution >= 0.6 is 12.4 Å². The van der Waals surface area contributed by atoms with Gasteiger partial charge in [-0.1, -0.05) is 18.2 Å². The second-order valence-electron chi connectivity index (χ2n) is 6.00. The molecular formula is C16H24ClN3O4S. The van der Waals surface area contributed by atoms with Gasteiger partial charge in [0.05, 0.1) is 24.0 Å². The van der Waals surface area contributed by atoms with Crippen LogP contribution in [0.15, 0.2) is 35.2 Å². The van der Waals surface area contributed by atoms with Crippen LogP contribution in [0, 0.1) is 0 Å². The molecule has 0 saturated carbocycles. The van der Waals surface area contributed by atoms with Gasteiger partial charge in [0.25, 0.3) is 0 Å². The predicted molar refractivity (Wildman–Crippen MR) is 96.3 cm³/mol. The number of sulfonamides is 1. The van der Waals surface area contributed by atoms with Crippen molar-refractivity contribution in [2.45, 2.75) is 17.4 Å². The lowest BCUT2D eigenvalue weighted by Crippen LogP contribution is -2.51. The van der Waals surface area contributed by atoms with Crippen LogP contribution < -0.4 is 5.32 Å². The number of benzene rings is 1. The van der Waals surface area contributed by atoms with Crippen molar-refractivity contribution in [1.29, 1.82) is 0 Å². The van der Waals surface area contributed by atoms with E-state index in [-0.39, 0.29) is 24.4 Å². The number of ether oxygens (including phenoxy) is 1. The SMILES string of the molecule is Cl.O=C(CC1CNCCO1)N1CCN(S(=O)(=O)c2ccccc2)CC1. The molecule has 2 heterocycles. The Kier molecular flexibility index (Phi) is 7.21. The average molecular weight is 390 g/mol. The first-order chi connectivity index (χ1) is 11.6. The molecule has 1 N–H and O–H groups in total. The maximum Gasteiger partial charge on any atom is 0.243 e. The van der Waals surface area contributed by atoms with Crippen LogP contribution in [-0.4, -0.2) is 75.5 Å². The van der Waals surface area contributed by atoms with Crippen molar-refractivity contribution in [3.8, 4) is 0 Å². The molecule has 2 aliphatic rings. The summed E-state index contributed by atoms with van der Waals surface area (Å²) in [7, 11) is -3.48. The first kappa shape index (κ1) is 20.1. The summed E-state index contributed by atoms with van der Waals surface area (Å²) in [5.41, 5.74) is 0. The Morgan fingerprint density at radius 2 is 1.84 bits per heavy atom. The number of amides is 1. The summed E-state index contributed by atoms with van der Waals surface area (Å²) in [5, 5.41) is 3.20. The van der Waals surface area contributed by atoms with E-state index in [1.165, 1.54) is 4.31 Å². The van der Waals surface area contributed by atoms with Crippen LogP contribution in [0.25, 0.3) is 0 Å². The Labute approximate surface area is 154 Å². The minimum Gasteiger partial charge on any atom is -0.375 e. The molecule has 2 saturated heterocycles. The summed E-state index contributed by atoms with van der Waals surface area (Å²) in [5.74, 6) is 0.0282. The first-order valence-electron chi connectivity index (χ1n) is 8.22. The number of rotatable bonds is 4. The van der Waals surface area contributed by atoms with Gasteiger partial charge in [0.15, 0.2) is 0 Å². The fourth-order valence-electron chi connectivity index (χ4n) is 2.99. The number of hydrogen-bond acceptors (Lipinski definition) is 5. The number of carbonyl (C=O) groups excluding carboxylic acids is 1. The third-order valence-corrected chi connectivity index (χ3v) is 6.29. The Balaban J connectivity index is 0.00000225. The fourth-order valence-corrected chi connectivity index (χ4v) is 4.44. The van der Waals surface area contributed by atoms with Gasteiger partial charge in [0.2, 0.25) is 15.9 Å². The molecule has 0 aliphatic carbocycles. The van der Waals surface area contributed by atoms with E-state index in [0.29, 0.717) is 50.6 Å². The molecule has 0 spiro atoms. The lowest BCUT2D eigenvalue weighted by atomic mass is 10.2. The Morgan fingerprint density at radius 3 is 2.44 bits per heavy atom. The van der Waals surface area contributed by atoms with E-state index in [4.69, 9.17) is 4.74 Å². The van der Waals surface area contributed by atoms with Gasteiger partial charge in [0, 0.05) is 39.3 Å². The molecule has 2 fully saturated rings. The van der Waals surface area contributed by atoms with Crippen molar-refractivity contribution in [2.24, 2.45) is 0 Å². The zero-order valence-corrected chi connectivity index (χ0v) is 15.6. The van der Waals surface area contributed by atoms with Crippen LogP contribution in [0.3, 0.4) is 0 Å². The molecule has 0 aromatic heterocycles. The monoisotopic (exact) mass is 389 g/mol. The molecule has 1 aromatic rings. The predicted octanol–water partition coefficient (Wildman–Crippen LogP) is 0.320. The highest BCUT2D eigenvalue weighted by Crippen LogP contribution is 2.18.